The second kappa shape index (κ2) is 6.83. The van der Waals surface area contributed by atoms with Crippen LogP contribution in [0, 0.1) is 0 Å². The molecular formula is C16H18BrNO3. The topological polar surface area (TPSA) is 53.7 Å². The number of ether oxygens (including phenoxy) is 3. The van der Waals surface area contributed by atoms with E-state index in [4.69, 9.17) is 19.9 Å². The van der Waals surface area contributed by atoms with Gasteiger partial charge in [-0.25, -0.2) is 0 Å². The number of halogens is 1. The third-order valence-corrected chi connectivity index (χ3v) is 3.75. The minimum atomic E-state index is -0.0470. The van der Waals surface area contributed by atoms with Gasteiger partial charge in [0.2, 0.25) is 5.75 Å². The summed E-state index contributed by atoms with van der Waals surface area (Å²) in [5.74, 6) is 2.44. The molecule has 21 heavy (non-hydrogen) atoms. The molecule has 112 valence electrons. The highest BCUT2D eigenvalue weighted by Gasteiger charge is 2.13. The summed E-state index contributed by atoms with van der Waals surface area (Å²) in [7, 11) is 3.19. The van der Waals surface area contributed by atoms with Gasteiger partial charge < -0.3 is 19.9 Å². The van der Waals surface area contributed by atoms with Crippen molar-refractivity contribution in [3.63, 3.8) is 0 Å². The molecule has 0 bridgehead atoms. The Kier molecular flexibility index (Phi) is 5.09. The predicted molar refractivity (Wildman–Crippen MR) is 86.4 cm³/mol. The first kappa shape index (κ1) is 15.7. The van der Waals surface area contributed by atoms with Gasteiger partial charge in [0.1, 0.15) is 5.75 Å². The highest BCUT2D eigenvalue weighted by Crippen LogP contribution is 2.40. The molecule has 0 aliphatic heterocycles. The zero-order valence-corrected chi connectivity index (χ0v) is 13.8. The van der Waals surface area contributed by atoms with Crippen LogP contribution in [0.15, 0.2) is 40.9 Å². The molecule has 0 aromatic heterocycles. The number of benzene rings is 2. The van der Waals surface area contributed by atoms with Crippen LogP contribution in [0.1, 0.15) is 18.5 Å². The van der Waals surface area contributed by atoms with E-state index in [1.807, 2.05) is 43.3 Å². The zero-order chi connectivity index (χ0) is 15.4. The lowest BCUT2D eigenvalue weighted by molar-refractivity contribution is 0.346. The molecule has 0 unspecified atom stereocenters. The zero-order valence-electron chi connectivity index (χ0n) is 12.2. The Balaban J connectivity index is 2.36. The van der Waals surface area contributed by atoms with Crippen molar-refractivity contribution < 1.29 is 14.2 Å². The van der Waals surface area contributed by atoms with Gasteiger partial charge in [0.15, 0.2) is 11.5 Å². The van der Waals surface area contributed by atoms with Crippen molar-refractivity contribution in [3.8, 4) is 23.0 Å². The lowest BCUT2D eigenvalue weighted by atomic mass is 10.1. The fourth-order valence-corrected chi connectivity index (χ4v) is 2.70. The van der Waals surface area contributed by atoms with E-state index in [1.165, 1.54) is 0 Å². The molecule has 0 heterocycles. The first-order valence-electron chi connectivity index (χ1n) is 6.50. The number of hydrogen-bond donors (Lipinski definition) is 1. The molecule has 5 heteroatoms. The average Bonchev–Trinajstić information content (AvgIpc) is 2.47. The van der Waals surface area contributed by atoms with E-state index in [1.54, 1.807) is 14.2 Å². The molecule has 2 rings (SSSR count). The molecule has 0 aliphatic carbocycles. The van der Waals surface area contributed by atoms with Gasteiger partial charge in [-0.05, 0) is 36.8 Å². The van der Waals surface area contributed by atoms with Crippen LogP contribution in [-0.4, -0.2) is 14.2 Å². The first-order valence-corrected chi connectivity index (χ1v) is 7.30. The third-order valence-electron chi connectivity index (χ3n) is 3.07. The van der Waals surface area contributed by atoms with Crippen molar-refractivity contribution in [1.29, 1.82) is 0 Å². The van der Waals surface area contributed by atoms with Crippen LogP contribution in [-0.2, 0) is 0 Å². The Labute approximate surface area is 132 Å². The molecule has 2 aromatic rings. The van der Waals surface area contributed by atoms with Gasteiger partial charge in [-0.15, -0.1) is 0 Å². The largest absolute Gasteiger partial charge is 0.493 e. The van der Waals surface area contributed by atoms with Gasteiger partial charge >= 0.3 is 0 Å². The van der Waals surface area contributed by atoms with Crippen molar-refractivity contribution in [2.75, 3.05) is 14.2 Å². The van der Waals surface area contributed by atoms with Gasteiger partial charge in [-0.2, -0.15) is 0 Å². The number of nitrogens with two attached hydrogens (primary N) is 1. The standard InChI is InChI=1S/C16H18BrNO3/c1-10(18)12-8-7-11(9-13(12)17)21-16-14(19-2)5-4-6-15(16)20-3/h4-10H,18H2,1-3H3/t10-/m0/s1. The molecule has 2 aromatic carbocycles. The maximum atomic E-state index is 5.92. The highest BCUT2D eigenvalue weighted by molar-refractivity contribution is 9.10. The second-order valence-electron chi connectivity index (χ2n) is 4.57. The summed E-state index contributed by atoms with van der Waals surface area (Å²) in [4.78, 5) is 0. The Morgan fingerprint density at radius 3 is 2.14 bits per heavy atom. The van der Waals surface area contributed by atoms with Crippen molar-refractivity contribution in [2.45, 2.75) is 13.0 Å². The van der Waals surface area contributed by atoms with E-state index >= 15 is 0 Å². The van der Waals surface area contributed by atoms with E-state index in [2.05, 4.69) is 15.9 Å². The Bertz CT molecular complexity index is 607. The Morgan fingerprint density at radius 2 is 1.67 bits per heavy atom. The monoisotopic (exact) mass is 351 g/mol. The van der Waals surface area contributed by atoms with Crippen LogP contribution in [0.4, 0.5) is 0 Å². The summed E-state index contributed by atoms with van der Waals surface area (Å²) in [5.41, 5.74) is 6.92. The average molecular weight is 352 g/mol. The number of rotatable bonds is 5. The van der Waals surface area contributed by atoms with Crippen LogP contribution in [0.25, 0.3) is 0 Å². The van der Waals surface area contributed by atoms with E-state index in [0.717, 1.165) is 10.0 Å². The molecule has 0 saturated carbocycles. The fraction of sp³-hybridized carbons (Fsp3) is 0.250. The first-order chi connectivity index (χ1) is 10.1. The van der Waals surface area contributed by atoms with Crippen LogP contribution in [0.5, 0.6) is 23.0 Å². The summed E-state index contributed by atoms with van der Waals surface area (Å²) < 4.78 is 17.5. The third kappa shape index (κ3) is 3.49. The quantitative estimate of drug-likeness (QED) is 0.873. The van der Waals surface area contributed by atoms with Crippen molar-refractivity contribution in [2.24, 2.45) is 5.73 Å². The Morgan fingerprint density at radius 1 is 1.05 bits per heavy atom. The normalized spacial score (nSPS) is 11.9. The fourth-order valence-electron chi connectivity index (χ4n) is 1.98. The van der Waals surface area contributed by atoms with Crippen molar-refractivity contribution in [1.82, 2.24) is 0 Å². The molecule has 0 aliphatic rings. The molecular weight excluding hydrogens is 334 g/mol. The maximum absolute atomic E-state index is 5.92. The van der Waals surface area contributed by atoms with E-state index in [0.29, 0.717) is 23.0 Å². The minimum absolute atomic E-state index is 0.0470. The highest BCUT2D eigenvalue weighted by atomic mass is 79.9. The van der Waals surface area contributed by atoms with Gasteiger partial charge in [-0.3, -0.25) is 0 Å². The smallest absolute Gasteiger partial charge is 0.210 e. The van der Waals surface area contributed by atoms with Gasteiger partial charge in [0.05, 0.1) is 14.2 Å². The van der Waals surface area contributed by atoms with Crippen molar-refractivity contribution in [3.05, 3.63) is 46.4 Å². The lowest BCUT2D eigenvalue weighted by Crippen LogP contribution is -2.05. The number of methoxy groups -OCH3 is 2. The molecule has 4 nitrogen and oxygen atoms in total. The second-order valence-corrected chi connectivity index (χ2v) is 5.42. The van der Waals surface area contributed by atoms with Gasteiger partial charge in [0.25, 0.3) is 0 Å². The molecule has 2 N–H and O–H groups in total. The van der Waals surface area contributed by atoms with Crippen LogP contribution < -0.4 is 19.9 Å². The SMILES string of the molecule is COc1cccc(OC)c1Oc1ccc([C@H](C)N)c(Br)c1. The van der Waals surface area contributed by atoms with Crippen LogP contribution in [0.2, 0.25) is 0 Å². The summed E-state index contributed by atoms with van der Waals surface area (Å²) in [6.07, 6.45) is 0. The van der Waals surface area contributed by atoms with E-state index < -0.39 is 0 Å². The summed E-state index contributed by atoms with van der Waals surface area (Å²) in [6, 6.07) is 11.1. The molecule has 0 saturated heterocycles. The van der Waals surface area contributed by atoms with Crippen molar-refractivity contribution >= 4 is 15.9 Å². The van der Waals surface area contributed by atoms with E-state index in [9.17, 15) is 0 Å². The number of hydrogen-bond acceptors (Lipinski definition) is 4. The van der Waals surface area contributed by atoms with E-state index in [-0.39, 0.29) is 6.04 Å². The van der Waals surface area contributed by atoms with Gasteiger partial charge in [0, 0.05) is 10.5 Å². The van der Waals surface area contributed by atoms with Crippen LogP contribution in [0.3, 0.4) is 0 Å². The molecule has 0 amide bonds. The summed E-state index contributed by atoms with van der Waals surface area (Å²) >= 11 is 3.51. The molecule has 0 fully saturated rings. The number of para-hydroxylation sites is 1. The maximum Gasteiger partial charge on any atom is 0.210 e. The minimum Gasteiger partial charge on any atom is -0.493 e. The molecule has 0 radical (unpaired) electrons. The molecule has 1 atom stereocenters. The predicted octanol–water partition coefficient (Wildman–Crippen LogP) is 4.28. The summed E-state index contributed by atoms with van der Waals surface area (Å²) in [5, 5.41) is 0. The Hall–Kier alpha value is -1.72. The lowest BCUT2D eigenvalue weighted by Gasteiger charge is -2.15. The van der Waals surface area contributed by atoms with Crippen LogP contribution >= 0.6 is 15.9 Å². The van der Waals surface area contributed by atoms with Gasteiger partial charge in [-0.1, -0.05) is 28.1 Å². The molecule has 0 spiro atoms. The summed E-state index contributed by atoms with van der Waals surface area (Å²) in [6.45, 7) is 1.93.